The normalized spacial score (nSPS) is 20.9. The van der Waals surface area contributed by atoms with Crippen molar-refractivity contribution in [3.8, 4) is 0 Å². The number of urea groups is 1. The Morgan fingerprint density at radius 3 is 2.60 bits per heavy atom. The Labute approximate surface area is 162 Å². The fourth-order valence-electron chi connectivity index (χ4n) is 3.39. The largest absolute Gasteiger partial charge is 0.381 e. The molecule has 138 valence electrons. The first-order chi connectivity index (χ1) is 12.1. The number of anilines is 1. The molecule has 0 unspecified atom stereocenters. The zero-order valence-electron chi connectivity index (χ0n) is 14.0. The minimum Gasteiger partial charge on any atom is -0.381 e. The first-order valence-corrected chi connectivity index (χ1v) is 10.4. The Bertz CT molecular complexity index is 606. The molecule has 2 fully saturated rings. The van der Waals surface area contributed by atoms with Gasteiger partial charge in [0.15, 0.2) is 0 Å². The van der Waals surface area contributed by atoms with Crippen molar-refractivity contribution in [2.24, 2.45) is 0 Å². The van der Waals surface area contributed by atoms with Crippen molar-refractivity contribution >= 4 is 46.7 Å². The number of rotatable bonds is 4. The third kappa shape index (κ3) is 4.95. The summed E-state index contributed by atoms with van der Waals surface area (Å²) in [5.74, 6) is 2.30. The lowest BCUT2D eigenvalue weighted by Gasteiger charge is -2.47. The minimum absolute atomic E-state index is 0.00574. The molecule has 0 radical (unpaired) electrons. The maximum atomic E-state index is 12.3. The maximum Gasteiger partial charge on any atom is 0.319 e. The summed E-state index contributed by atoms with van der Waals surface area (Å²) in [6.07, 6.45) is 1.90. The smallest absolute Gasteiger partial charge is 0.319 e. The maximum absolute atomic E-state index is 12.3. The summed E-state index contributed by atoms with van der Waals surface area (Å²) < 4.78 is 5.56. The number of carbonyl (C=O) groups is 1. The molecule has 1 aromatic rings. The number of thioether (sulfide) groups is 1. The average molecular weight is 404 g/mol. The van der Waals surface area contributed by atoms with Crippen LogP contribution in [0.15, 0.2) is 18.2 Å². The number of hydrogen-bond donors (Lipinski definition) is 2. The van der Waals surface area contributed by atoms with Gasteiger partial charge in [-0.1, -0.05) is 23.2 Å². The number of nitrogens with zero attached hydrogens (tertiary/aromatic N) is 1. The highest BCUT2D eigenvalue weighted by Crippen LogP contribution is 2.30. The fourth-order valence-corrected chi connectivity index (χ4v) is 4.59. The molecule has 2 N–H and O–H groups in total. The van der Waals surface area contributed by atoms with Crippen LogP contribution in [0.2, 0.25) is 10.0 Å². The molecule has 0 spiro atoms. The highest BCUT2D eigenvalue weighted by molar-refractivity contribution is 7.99. The summed E-state index contributed by atoms with van der Waals surface area (Å²) in [5, 5.41) is 6.76. The predicted octanol–water partition coefficient (Wildman–Crippen LogP) is 3.71. The van der Waals surface area contributed by atoms with Crippen LogP contribution in [0.5, 0.6) is 0 Å². The lowest BCUT2D eigenvalue weighted by Crippen LogP contribution is -2.60. The average Bonchev–Trinajstić information content (AvgIpc) is 2.65. The lowest BCUT2D eigenvalue weighted by molar-refractivity contribution is -0.0228. The molecule has 5 nitrogen and oxygen atoms in total. The summed E-state index contributed by atoms with van der Waals surface area (Å²) in [5.41, 5.74) is 0.621. The molecular weight excluding hydrogens is 381 g/mol. The zero-order valence-corrected chi connectivity index (χ0v) is 16.4. The van der Waals surface area contributed by atoms with Crippen molar-refractivity contribution < 1.29 is 9.53 Å². The molecule has 0 saturated carbocycles. The number of amides is 2. The number of halogens is 2. The standard InChI is InChI=1S/C17H23Cl2N3O2S/c18-14-2-1-13(11-15(14)19)21-16(23)20-12-17(3-7-24-8-4-17)22-5-9-25-10-6-22/h1-2,11H,3-10,12H2,(H2,20,21,23). The van der Waals surface area contributed by atoms with E-state index in [1.807, 2.05) is 11.8 Å². The molecule has 0 aliphatic carbocycles. The van der Waals surface area contributed by atoms with E-state index in [4.69, 9.17) is 27.9 Å². The van der Waals surface area contributed by atoms with Crippen LogP contribution in [0.3, 0.4) is 0 Å². The van der Waals surface area contributed by atoms with Gasteiger partial charge in [-0.15, -0.1) is 0 Å². The Hall–Kier alpha value is -0.660. The molecule has 25 heavy (non-hydrogen) atoms. The van der Waals surface area contributed by atoms with Gasteiger partial charge in [-0.2, -0.15) is 11.8 Å². The van der Waals surface area contributed by atoms with Crippen molar-refractivity contribution in [2.45, 2.75) is 18.4 Å². The topological polar surface area (TPSA) is 53.6 Å². The molecule has 3 rings (SSSR count). The van der Waals surface area contributed by atoms with Crippen molar-refractivity contribution in [1.82, 2.24) is 10.2 Å². The molecular formula is C17H23Cl2N3O2S. The van der Waals surface area contributed by atoms with Crippen LogP contribution in [0.4, 0.5) is 10.5 Å². The van der Waals surface area contributed by atoms with Crippen molar-refractivity contribution in [2.75, 3.05) is 49.7 Å². The molecule has 2 aliphatic heterocycles. The highest BCUT2D eigenvalue weighted by atomic mass is 35.5. The monoisotopic (exact) mass is 403 g/mol. The highest BCUT2D eigenvalue weighted by Gasteiger charge is 2.39. The first-order valence-electron chi connectivity index (χ1n) is 8.50. The number of hydrogen-bond acceptors (Lipinski definition) is 4. The van der Waals surface area contributed by atoms with E-state index in [0.29, 0.717) is 22.3 Å². The number of ether oxygens (including phenoxy) is 1. The molecule has 2 aliphatic rings. The van der Waals surface area contributed by atoms with Crippen molar-refractivity contribution in [3.05, 3.63) is 28.2 Å². The summed E-state index contributed by atoms with van der Waals surface area (Å²) in [4.78, 5) is 14.9. The molecule has 2 amide bonds. The van der Waals surface area contributed by atoms with Gasteiger partial charge in [0.05, 0.1) is 10.0 Å². The molecule has 8 heteroatoms. The van der Waals surface area contributed by atoms with Gasteiger partial charge >= 0.3 is 6.03 Å². The van der Waals surface area contributed by atoms with Gasteiger partial charge in [-0.05, 0) is 31.0 Å². The van der Waals surface area contributed by atoms with Gasteiger partial charge in [-0.25, -0.2) is 4.79 Å². The van der Waals surface area contributed by atoms with E-state index in [1.54, 1.807) is 18.2 Å². The summed E-state index contributed by atoms with van der Waals surface area (Å²) in [7, 11) is 0. The van der Waals surface area contributed by atoms with Crippen LogP contribution in [-0.4, -0.2) is 60.8 Å². The van der Waals surface area contributed by atoms with Gasteiger partial charge in [0.1, 0.15) is 0 Å². The van der Waals surface area contributed by atoms with Crippen LogP contribution in [0.25, 0.3) is 0 Å². The second-order valence-corrected chi connectivity index (χ2v) is 8.41. The van der Waals surface area contributed by atoms with Gasteiger partial charge in [0.25, 0.3) is 0 Å². The third-order valence-corrected chi connectivity index (χ3v) is 6.54. The van der Waals surface area contributed by atoms with Crippen LogP contribution in [0, 0.1) is 0 Å². The second-order valence-electron chi connectivity index (χ2n) is 6.37. The van der Waals surface area contributed by atoms with Crippen LogP contribution in [0.1, 0.15) is 12.8 Å². The van der Waals surface area contributed by atoms with E-state index >= 15 is 0 Å². The first kappa shape index (κ1) is 19.1. The van der Waals surface area contributed by atoms with E-state index in [-0.39, 0.29) is 11.6 Å². The molecule has 1 aromatic carbocycles. The minimum atomic E-state index is -0.226. The summed E-state index contributed by atoms with van der Waals surface area (Å²) >= 11 is 13.9. The van der Waals surface area contributed by atoms with E-state index in [1.165, 1.54) is 0 Å². The lowest BCUT2D eigenvalue weighted by atomic mass is 9.87. The Morgan fingerprint density at radius 2 is 1.92 bits per heavy atom. The van der Waals surface area contributed by atoms with E-state index < -0.39 is 0 Å². The second kappa shape index (κ2) is 8.82. The molecule has 0 atom stereocenters. The van der Waals surface area contributed by atoms with Gasteiger partial charge in [0.2, 0.25) is 0 Å². The molecule has 2 saturated heterocycles. The number of carbonyl (C=O) groups excluding carboxylic acids is 1. The fraction of sp³-hybridized carbons (Fsp3) is 0.588. The van der Waals surface area contributed by atoms with Crippen LogP contribution >= 0.6 is 35.0 Å². The SMILES string of the molecule is O=C(NCC1(N2CCSCC2)CCOCC1)Nc1ccc(Cl)c(Cl)c1. The van der Waals surface area contributed by atoms with E-state index in [2.05, 4.69) is 15.5 Å². The van der Waals surface area contributed by atoms with Crippen molar-refractivity contribution in [3.63, 3.8) is 0 Å². The predicted molar refractivity (Wildman–Crippen MR) is 105 cm³/mol. The number of nitrogens with one attached hydrogen (secondary N) is 2. The van der Waals surface area contributed by atoms with Crippen LogP contribution < -0.4 is 10.6 Å². The Balaban J connectivity index is 1.60. The van der Waals surface area contributed by atoms with E-state index in [9.17, 15) is 4.79 Å². The van der Waals surface area contributed by atoms with Crippen molar-refractivity contribution in [1.29, 1.82) is 0 Å². The van der Waals surface area contributed by atoms with Gasteiger partial charge < -0.3 is 15.4 Å². The molecule has 0 aromatic heterocycles. The quantitative estimate of drug-likeness (QED) is 0.804. The third-order valence-electron chi connectivity index (χ3n) is 4.86. The van der Waals surface area contributed by atoms with Crippen LogP contribution in [-0.2, 0) is 4.74 Å². The Morgan fingerprint density at radius 1 is 1.20 bits per heavy atom. The van der Waals surface area contributed by atoms with Gasteiger partial charge in [-0.3, -0.25) is 4.90 Å². The molecule has 2 heterocycles. The summed E-state index contributed by atoms with van der Waals surface area (Å²) in [6, 6.07) is 4.83. The summed E-state index contributed by atoms with van der Waals surface area (Å²) in [6.45, 7) is 4.26. The number of benzene rings is 1. The zero-order chi connectivity index (χ0) is 17.7. The van der Waals surface area contributed by atoms with Gasteiger partial charge in [0, 0.05) is 55.6 Å². The van der Waals surface area contributed by atoms with E-state index in [0.717, 1.165) is 50.7 Å². The Kier molecular flexibility index (Phi) is 6.74. The molecule has 0 bridgehead atoms.